The van der Waals surface area contributed by atoms with Crippen molar-refractivity contribution < 1.29 is 8.42 Å². The van der Waals surface area contributed by atoms with Gasteiger partial charge in [0.2, 0.25) is 10.0 Å². The summed E-state index contributed by atoms with van der Waals surface area (Å²) in [4.78, 5) is 0. The van der Waals surface area contributed by atoms with Crippen LogP contribution in [0.2, 0.25) is 0 Å². The fourth-order valence-corrected chi connectivity index (χ4v) is 4.44. The van der Waals surface area contributed by atoms with Crippen LogP contribution in [-0.2, 0) is 10.0 Å². The van der Waals surface area contributed by atoms with E-state index in [9.17, 15) is 8.42 Å². The molecule has 0 spiro atoms. The summed E-state index contributed by atoms with van der Waals surface area (Å²) in [6.45, 7) is 9.34. The number of hydrogen-bond donors (Lipinski definition) is 1. The molecule has 1 heterocycles. The van der Waals surface area contributed by atoms with Gasteiger partial charge in [-0.1, -0.05) is 20.8 Å². The molecular formula is C13H28N2O2S. The minimum absolute atomic E-state index is 0.193. The van der Waals surface area contributed by atoms with Gasteiger partial charge in [0.05, 0.1) is 5.75 Å². The van der Waals surface area contributed by atoms with Crippen molar-refractivity contribution in [2.75, 3.05) is 31.9 Å². The number of piperidine rings is 1. The van der Waals surface area contributed by atoms with Gasteiger partial charge >= 0.3 is 0 Å². The maximum Gasteiger partial charge on any atom is 0.214 e. The van der Waals surface area contributed by atoms with Gasteiger partial charge < -0.3 is 5.32 Å². The van der Waals surface area contributed by atoms with Crippen molar-refractivity contribution >= 4 is 10.0 Å². The first kappa shape index (κ1) is 15.9. The molecule has 18 heavy (non-hydrogen) atoms. The molecule has 5 heteroatoms. The lowest BCUT2D eigenvalue weighted by atomic mass is 10.00. The Morgan fingerprint density at radius 3 is 2.61 bits per heavy atom. The zero-order chi connectivity index (χ0) is 13.6. The maximum atomic E-state index is 12.3. The predicted octanol–water partition coefficient (Wildman–Crippen LogP) is 1.68. The molecule has 1 unspecified atom stereocenters. The monoisotopic (exact) mass is 276 g/mol. The topological polar surface area (TPSA) is 49.4 Å². The third kappa shape index (κ3) is 5.24. The molecule has 4 nitrogen and oxygen atoms in total. The Hall–Kier alpha value is -0.130. The Morgan fingerprint density at radius 2 is 2.11 bits per heavy atom. The summed E-state index contributed by atoms with van der Waals surface area (Å²) in [6.07, 6.45) is 3.19. The first-order chi connectivity index (χ1) is 8.45. The molecule has 0 aromatic heterocycles. The number of hydrogen-bond acceptors (Lipinski definition) is 3. The van der Waals surface area contributed by atoms with Crippen LogP contribution < -0.4 is 5.32 Å². The molecule has 1 atom stereocenters. The van der Waals surface area contributed by atoms with Gasteiger partial charge in [0.25, 0.3) is 0 Å². The van der Waals surface area contributed by atoms with Gasteiger partial charge in [0.1, 0.15) is 0 Å². The third-order valence-corrected chi connectivity index (χ3v) is 5.48. The second kappa shape index (κ2) is 7.46. The van der Waals surface area contributed by atoms with Crippen LogP contribution in [0.3, 0.4) is 0 Å². The summed E-state index contributed by atoms with van der Waals surface area (Å²) in [5.74, 6) is 0.943. The Morgan fingerprint density at radius 1 is 1.39 bits per heavy atom. The minimum atomic E-state index is -3.08. The molecule has 0 aromatic rings. The third-order valence-electron chi connectivity index (χ3n) is 3.27. The average molecular weight is 276 g/mol. The number of rotatable bonds is 7. The van der Waals surface area contributed by atoms with Gasteiger partial charge in [0.15, 0.2) is 0 Å². The SMILES string of the molecule is CCCN(CC1CCCNC1)S(=O)(=O)CC(C)C. The molecule has 1 aliphatic rings. The quantitative estimate of drug-likeness (QED) is 0.770. The van der Waals surface area contributed by atoms with E-state index in [0.29, 0.717) is 19.0 Å². The van der Waals surface area contributed by atoms with Crippen LogP contribution in [0.1, 0.15) is 40.0 Å². The van der Waals surface area contributed by atoms with Crippen molar-refractivity contribution in [3.05, 3.63) is 0 Å². The van der Waals surface area contributed by atoms with Gasteiger partial charge in [-0.3, -0.25) is 0 Å². The molecule has 1 fully saturated rings. The van der Waals surface area contributed by atoms with Crippen molar-refractivity contribution in [1.29, 1.82) is 0 Å². The van der Waals surface area contributed by atoms with Gasteiger partial charge in [-0.15, -0.1) is 0 Å². The Labute approximate surface area is 112 Å². The van der Waals surface area contributed by atoms with Crippen molar-refractivity contribution in [3.63, 3.8) is 0 Å². The van der Waals surface area contributed by atoms with E-state index in [1.807, 2.05) is 20.8 Å². The van der Waals surface area contributed by atoms with Crippen LogP contribution in [-0.4, -0.2) is 44.7 Å². The van der Waals surface area contributed by atoms with Crippen LogP contribution >= 0.6 is 0 Å². The molecule has 1 saturated heterocycles. The number of nitrogens with zero attached hydrogens (tertiary/aromatic N) is 1. The summed E-state index contributed by atoms with van der Waals surface area (Å²) < 4.78 is 26.3. The molecule has 108 valence electrons. The second-order valence-electron chi connectivity index (χ2n) is 5.74. The van der Waals surface area contributed by atoms with Crippen LogP contribution in [0.5, 0.6) is 0 Å². The summed E-state index contributed by atoms with van der Waals surface area (Å²) in [5.41, 5.74) is 0. The zero-order valence-corrected chi connectivity index (χ0v) is 12.8. The van der Waals surface area contributed by atoms with Crippen molar-refractivity contribution in [1.82, 2.24) is 9.62 Å². The van der Waals surface area contributed by atoms with E-state index >= 15 is 0 Å². The van der Waals surface area contributed by atoms with Crippen LogP contribution in [0.25, 0.3) is 0 Å². The largest absolute Gasteiger partial charge is 0.316 e. The summed E-state index contributed by atoms with van der Waals surface area (Å²) in [7, 11) is -3.08. The highest BCUT2D eigenvalue weighted by atomic mass is 32.2. The average Bonchev–Trinajstić information content (AvgIpc) is 2.28. The molecule has 0 bridgehead atoms. The lowest BCUT2D eigenvalue weighted by molar-refractivity contribution is 0.290. The zero-order valence-electron chi connectivity index (χ0n) is 12.0. The van der Waals surface area contributed by atoms with Crippen LogP contribution in [0.15, 0.2) is 0 Å². The second-order valence-corrected chi connectivity index (χ2v) is 7.76. The predicted molar refractivity (Wildman–Crippen MR) is 76.1 cm³/mol. The van der Waals surface area contributed by atoms with E-state index in [0.717, 1.165) is 32.4 Å². The first-order valence-corrected chi connectivity index (χ1v) is 8.75. The lowest BCUT2D eigenvalue weighted by Gasteiger charge is -2.29. The molecule has 0 aliphatic carbocycles. The first-order valence-electron chi connectivity index (χ1n) is 7.14. The van der Waals surface area contributed by atoms with Crippen LogP contribution in [0, 0.1) is 11.8 Å². The molecule has 1 rings (SSSR count). The lowest BCUT2D eigenvalue weighted by Crippen LogP contribution is -2.42. The standard InChI is InChI=1S/C13H28N2O2S/c1-4-8-15(18(16,17)11-12(2)3)10-13-6-5-7-14-9-13/h12-14H,4-11H2,1-3H3. The Bertz CT molecular complexity index is 322. The fraction of sp³-hybridized carbons (Fsp3) is 1.00. The van der Waals surface area contributed by atoms with E-state index in [2.05, 4.69) is 5.32 Å². The van der Waals surface area contributed by atoms with Crippen molar-refractivity contribution in [2.24, 2.45) is 11.8 Å². The Kier molecular flexibility index (Phi) is 6.60. The summed E-state index contributed by atoms with van der Waals surface area (Å²) in [6, 6.07) is 0. The van der Waals surface area contributed by atoms with Crippen molar-refractivity contribution in [3.8, 4) is 0 Å². The summed E-state index contributed by atoms with van der Waals surface area (Å²) >= 11 is 0. The molecule has 0 saturated carbocycles. The molecule has 1 N–H and O–H groups in total. The van der Waals surface area contributed by atoms with Crippen molar-refractivity contribution in [2.45, 2.75) is 40.0 Å². The molecule has 0 radical (unpaired) electrons. The summed E-state index contributed by atoms with van der Waals surface area (Å²) in [5, 5.41) is 3.35. The Balaban J connectivity index is 2.62. The van der Waals surface area contributed by atoms with Gasteiger partial charge in [-0.2, -0.15) is 0 Å². The molecule has 0 aromatic carbocycles. The van der Waals surface area contributed by atoms with E-state index < -0.39 is 10.0 Å². The van der Waals surface area contributed by atoms with E-state index in [1.165, 1.54) is 0 Å². The highest BCUT2D eigenvalue weighted by Gasteiger charge is 2.26. The normalized spacial score (nSPS) is 21.7. The maximum absolute atomic E-state index is 12.3. The van der Waals surface area contributed by atoms with Gasteiger partial charge in [-0.05, 0) is 44.2 Å². The van der Waals surface area contributed by atoms with E-state index in [-0.39, 0.29) is 11.7 Å². The highest BCUT2D eigenvalue weighted by Crippen LogP contribution is 2.16. The van der Waals surface area contributed by atoms with E-state index in [4.69, 9.17) is 0 Å². The highest BCUT2D eigenvalue weighted by molar-refractivity contribution is 7.89. The number of nitrogens with one attached hydrogen (secondary N) is 1. The number of sulfonamides is 1. The van der Waals surface area contributed by atoms with Gasteiger partial charge in [0, 0.05) is 13.1 Å². The fourth-order valence-electron chi connectivity index (χ4n) is 2.49. The van der Waals surface area contributed by atoms with Gasteiger partial charge in [-0.25, -0.2) is 12.7 Å². The molecule has 0 amide bonds. The van der Waals surface area contributed by atoms with E-state index in [1.54, 1.807) is 4.31 Å². The molecule has 1 aliphatic heterocycles. The smallest absolute Gasteiger partial charge is 0.214 e. The molecular weight excluding hydrogens is 248 g/mol. The van der Waals surface area contributed by atoms with Crippen LogP contribution in [0.4, 0.5) is 0 Å². The minimum Gasteiger partial charge on any atom is -0.316 e.